The second-order valence-corrected chi connectivity index (χ2v) is 5.67. The number of aromatic nitrogens is 1. The average molecular weight is 398 g/mol. The maximum Gasteiger partial charge on any atom is 0.343 e. The molecule has 0 spiro atoms. The highest BCUT2D eigenvalue weighted by atomic mass is 19.2. The number of carbonyl (C=O) groups excluding carboxylic acids is 1. The summed E-state index contributed by atoms with van der Waals surface area (Å²) in [7, 11) is 0. The Hall–Kier alpha value is -3.43. The molecule has 146 valence electrons. The predicted octanol–water partition coefficient (Wildman–Crippen LogP) is 3.45. The Labute approximate surface area is 153 Å². The van der Waals surface area contributed by atoms with E-state index in [-0.39, 0.29) is 6.61 Å². The molecule has 3 rings (SSSR count). The number of nitrogen functional groups attached to an aromatic ring is 1. The number of benzene rings is 2. The maximum absolute atomic E-state index is 14.5. The van der Waals surface area contributed by atoms with Crippen LogP contribution >= 0.6 is 0 Å². The minimum Gasteiger partial charge on any atom is -0.462 e. The molecule has 2 aromatic carbocycles. The number of nitrogens with zero attached hydrogens (tertiary/aromatic N) is 1. The number of pyridine rings is 1. The molecule has 1 heterocycles. The number of hydrogen-bond acceptors (Lipinski definition) is 4. The fourth-order valence-electron chi connectivity index (χ4n) is 2.67. The zero-order chi connectivity index (χ0) is 20.7. The third-order valence-corrected chi connectivity index (χ3v) is 3.95. The van der Waals surface area contributed by atoms with Crippen molar-refractivity contribution in [3.8, 4) is 5.69 Å². The van der Waals surface area contributed by atoms with Gasteiger partial charge in [0.15, 0.2) is 17.5 Å². The van der Waals surface area contributed by atoms with E-state index in [0.29, 0.717) is 22.9 Å². The molecule has 0 amide bonds. The third kappa shape index (κ3) is 2.96. The van der Waals surface area contributed by atoms with Gasteiger partial charge in [-0.05, 0) is 19.1 Å². The summed E-state index contributed by atoms with van der Waals surface area (Å²) < 4.78 is 75.0. The molecule has 5 nitrogen and oxygen atoms in total. The normalized spacial score (nSPS) is 11.1. The number of ether oxygens (including phenoxy) is 1. The number of fused-ring (bicyclic) bond motifs is 1. The van der Waals surface area contributed by atoms with Crippen molar-refractivity contribution in [1.82, 2.24) is 4.57 Å². The summed E-state index contributed by atoms with van der Waals surface area (Å²) in [5.74, 6) is -8.92. The lowest BCUT2D eigenvalue weighted by Crippen LogP contribution is -2.22. The predicted molar refractivity (Wildman–Crippen MR) is 89.7 cm³/mol. The van der Waals surface area contributed by atoms with Crippen molar-refractivity contribution in [3.05, 3.63) is 69.3 Å². The molecular formula is C18H11F5N2O3. The minimum absolute atomic E-state index is 0.125. The molecule has 1 aromatic heterocycles. The van der Waals surface area contributed by atoms with E-state index in [0.717, 1.165) is 6.07 Å². The Morgan fingerprint density at radius 2 is 1.71 bits per heavy atom. The van der Waals surface area contributed by atoms with Gasteiger partial charge in [0.2, 0.25) is 5.43 Å². The first-order valence-corrected chi connectivity index (χ1v) is 7.82. The molecule has 2 N–H and O–H groups in total. The number of rotatable bonds is 3. The van der Waals surface area contributed by atoms with Crippen molar-refractivity contribution in [2.75, 3.05) is 12.3 Å². The van der Waals surface area contributed by atoms with Crippen LogP contribution in [0.1, 0.15) is 17.3 Å². The quantitative estimate of drug-likeness (QED) is 0.318. The summed E-state index contributed by atoms with van der Waals surface area (Å²) in [6, 6.07) is 1.51. The van der Waals surface area contributed by atoms with E-state index in [4.69, 9.17) is 10.5 Å². The van der Waals surface area contributed by atoms with Crippen LogP contribution in [0.2, 0.25) is 0 Å². The standard InChI is InChI=1S/C18H11F5N2O3/c1-2-28-18(27)8-6-25(13-5-12(24)9(19)4-10(13)20)16-7(17(8)26)3-11(21)14(22)15(16)23/h3-6H,2,24H2,1H3. The molecular weight excluding hydrogens is 387 g/mol. The molecule has 3 aromatic rings. The highest BCUT2D eigenvalue weighted by Gasteiger charge is 2.24. The largest absolute Gasteiger partial charge is 0.462 e. The topological polar surface area (TPSA) is 74.3 Å². The average Bonchev–Trinajstić information content (AvgIpc) is 2.64. The third-order valence-electron chi connectivity index (χ3n) is 3.95. The number of nitrogens with two attached hydrogens (primary N) is 1. The van der Waals surface area contributed by atoms with Crippen molar-refractivity contribution in [2.45, 2.75) is 6.92 Å². The summed E-state index contributed by atoms with van der Waals surface area (Å²) in [6.45, 7) is 1.33. The van der Waals surface area contributed by atoms with Crippen LogP contribution in [-0.2, 0) is 4.74 Å². The van der Waals surface area contributed by atoms with Gasteiger partial charge in [0.25, 0.3) is 0 Å². The Bertz CT molecular complexity index is 1190. The van der Waals surface area contributed by atoms with Crippen molar-refractivity contribution >= 4 is 22.6 Å². The van der Waals surface area contributed by atoms with Gasteiger partial charge < -0.3 is 15.0 Å². The number of halogens is 5. The summed E-state index contributed by atoms with van der Waals surface area (Å²) in [4.78, 5) is 24.6. The van der Waals surface area contributed by atoms with E-state index in [1.54, 1.807) is 0 Å². The lowest BCUT2D eigenvalue weighted by Gasteiger charge is -2.16. The maximum atomic E-state index is 14.5. The van der Waals surface area contributed by atoms with Crippen molar-refractivity contribution < 1.29 is 31.5 Å². The lowest BCUT2D eigenvalue weighted by atomic mass is 10.1. The smallest absolute Gasteiger partial charge is 0.343 e. The summed E-state index contributed by atoms with van der Waals surface area (Å²) in [5.41, 5.74) is 1.56. The van der Waals surface area contributed by atoms with Crippen molar-refractivity contribution in [2.24, 2.45) is 0 Å². The second-order valence-electron chi connectivity index (χ2n) is 5.67. The number of hydrogen-bond donors (Lipinski definition) is 1. The Balaban J connectivity index is 2.52. The zero-order valence-electron chi connectivity index (χ0n) is 14.2. The first-order valence-electron chi connectivity index (χ1n) is 7.82. The van der Waals surface area contributed by atoms with Crippen LogP contribution in [0, 0.1) is 29.1 Å². The van der Waals surface area contributed by atoms with Crippen molar-refractivity contribution in [1.29, 1.82) is 0 Å². The monoisotopic (exact) mass is 398 g/mol. The van der Waals surface area contributed by atoms with E-state index in [1.165, 1.54) is 6.92 Å². The molecule has 28 heavy (non-hydrogen) atoms. The molecule has 0 bridgehead atoms. The number of anilines is 1. The van der Waals surface area contributed by atoms with Crippen molar-refractivity contribution in [3.63, 3.8) is 0 Å². The lowest BCUT2D eigenvalue weighted by molar-refractivity contribution is 0.0524. The fourth-order valence-corrected chi connectivity index (χ4v) is 2.67. The first-order chi connectivity index (χ1) is 13.2. The van der Waals surface area contributed by atoms with Crippen LogP contribution in [0.25, 0.3) is 16.6 Å². The van der Waals surface area contributed by atoms with E-state index in [9.17, 15) is 31.5 Å². The zero-order valence-corrected chi connectivity index (χ0v) is 14.2. The van der Waals surface area contributed by atoms with Crippen LogP contribution in [0.4, 0.5) is 27.6 Å². The molecule has 10 heteroatoms. The van der Waals surface area contributed by atoms with Gasteiger partial charge in [-0.2, -0.15) is 0 Å². The van der Waals surface area contributed by atoms with Gasteiger partial charge in [-0.25, -0.2) is 26.7 Å². The molecule has 0 atom stereocenters. The minimum atomic E-state index is -1.92. The van der Waals surface area contributed by atoms with E-state index < -0.39 is 68.3 Å². The molecule has 0 unspecified atom stereocenters. The van der Waals surface area contributed by atoms with Gasteiger partial charge in [-0.1, -0.05) is 0 Å². The number of carbonyl (C=O) groups is 1. The summed E-state index contributed by atoms with van der Waals surface area (Å²) in [5, 5.41) is -0.746. The molecule has 0 aliphatic rings. The molecule has 0 saturated heterocycles. The molecule has 0 aliphatic heterocycles. The first kappa shape index (κ1) is 19.3. The van der Waals surface area contributed by atoms with Gasteiger partial charge in [-0.3, -0.25) is 4.79 Å². The molecule has 0 radical (unpaired) electrons. The van der Waals surface area contributed by atoms with E-state index in [2.05, 4.69) is 0 Å². The van der Waals surface area contributed by atoms with Gasteiger partial charge in [-0.15, -0.1) is 0 Å². The SMILES string of the molecule is CCOC(=O)c1cn(-c2cc(N)c(F)cc2F)c2c(F)c(F)c(F)cc2c1=O. The fraction of sp³-hybridized carbons (Fsp3) is 0.111. The summed E-state index contributed by atoms with van der Waals surface area (Å²) >= 11 is 0. The molecule has 0 saturated carbocycles. The van der Waals surface area contributed by atoms with Gasteiger partial charge in [0.05, 0.1) is 28.9 Å². The van der Waals surface area contributed by atoms with E-state index >= 15 is 0 Å². The summed E-state index contributed by atoms with van der Waals surface area (Å²) in [6.07, 6.45) is 0.693. The van der Waals surface area contributed by atoms with Crippen LogP contribution in [0.3, 0.4) is 0 Å². The molecule has 0 aliphatic carbocycles. The van der Waals surface area contributed by atoms with Crippen LogP contribution in [0.5, 0.6) is 0 Å². The highest BCUT2D eigenvalue weighted by molar-refractivity contribution is 5.94. The highest BCUT2D eigenvalue weighted by Crippen LogP contribution is 2.28. The number of esters is 1. The van der Waals surface area contributed by atoms with Gasteiger partial charge >= 0.3 is 5.97 Å². The van der Waals surface area contributed by atoms with Crippen LogP contribution in [0.15, 0.2) is 29.2 Å². The van der Waals surface area contributed by atoms with Gasteiger partial charge in [0.1, 0.15) is 17.2 Å². The molecule has 0 fully saturated rings. The van der Waals surface area contributed by atoms with Crippen LogP contribution < -0.4 is 11.2 Å². The second kappa shape index (κ2) is 6.95. The van der Waals surface area contributed by atoms with Crippen LogP contribution in [-0.4, -0.2) is 17.1 Å². The Kier molecular flexibility index (Phi) is 4.80. The van der Waals surface area contributed by atoms with Gasteiger partial charge in [0, 0.05) is 12.3 Å². The van der Waals surface area contributed by atoms with E-state index in [1.807, 2.05) is 0 Å². The Morgan fingerprint density at radius 3 is 2.36 bits per heavy atom. The Morgan fingerprint density at radius 1 is 1.04 bits per heavy atom.